The first-order valence-electron chi connectivity index (χ1n) is 6.28. The van der Waals surface area contributed by atoms with E-state index >= 15 is 0 Å². The molecule has 0 N–H and O–H groups in total. The van der Waals surface area contributed by atoms with E-state index in [1.54, 1.807) is 11.9 Å². The first-order valence-corrected chi connectivity index (χ1v) is 6.28. The highest BCUT2D eigenvalue weighted by Gasteiger charge is 2.33. The van der Waals surface area contributed by atoms with Crippen LogP contribution >= 0.6 is 0 Å². The third kappa shape index (κ3) is 4.92. The molecule has 5 nitrogen and oxygen atoms in total. The highest BCUT2D eigenvalue weighted by molar-refractivity contribution is 6.57. The van der Waals surface area contributed by atoms with Gasteiger partial charge in [-0.15, -0.1) is 6.58 Å². The third-order valence-corrected chi connectivity index (χ3v) is 2.71. The summed E-state index contributed by atoms with van der Waals surface area (Å²) in [5.41, 5.74) is 0.648. The summed E-state index contributed by atoms with van der Waals surface area (Å²) in [6.45, 7) is 6.13. The van der Waals surface area contributed by atoms with E-state index in [2.05, 4.69) is 13.5 Å². The highest BCUT2D eigenvalue weighted by Crippen LogP contribution is 2.14. The SMILES string of the molecule is C=C(CCCCC)B1OC(=O)CN(C)CC(=O)O1. The average molecular weight is 253 g/mol. The highest BCUT2D eigenvalue weighted by atomic mass is 16.6. The fraction of sp³-hybridized carbons (Fsp3) is 0.667. The summed E-state index contributed by atoms with van der Waals surface area (Å²) in [6.07, 6.45) is 3.84. The van der Waals surface area contributed by atoms with Gasteiger partial charge in [0.05, 0.1) is 13.1 Å². The van der Waals surface area contributed by atoms with E-state index in [0.717, 1.165) is 19.3 Å². The lowest BCUT2D eigenvalue weighted by atomic mass is 9.76. The van der Waals surface area contributed by atoms with Crippen molar-refractivity contribution in [2.45, 2.75) is 32.6 Å². The molecule has 0 radical (unpaired) electrons. The van der Waals surface area contributed by atoms with Gasteiger partial charge in [-0.1, -0.05) is 26.2 Å². The number of hydrogen-bond acceptors (Lipinski definition) is 5. The smallest absolute Gasteiger partial charge is 0.495 e. The molecule has 1 fully saturated rings. The Kier molecular flexibility index (Phi) is 5.91. The molecule has 0 aromatic heterocycles. The third-order valence-electron chi connectivity index (χ3n) is 2.71. The van der Waals surface area contributed by atoms with Crippen molar-refractivity contribution in [1.29, 1.82) is 0 Å². The number of unbranched alkanes of at least 4 members (excludes halogenated alkanes) is 2. The average Bonchev–Trinajstić information content (AvgIpc) is 2.25. The lowest BCUT2D eigenvalue weighted by molar-refractivity contribution is -0.145. The van der Waals surface area contributed by atoms with Crippen molar-refractivity contribution in [3.8, 4) is 0 Å². The van der Waals surface area contributed by atoms with Gasteiger partial charge in [-0.2, -0.15) is 0 Å². The van der Waals surface area contributed by atoms with Crippen LogP contribution in [0.1, 0.15) is 32.6 Å². The topological polar surface area (TPSA) is 55.8 Å². The van der Waals surface area contributed by atoms with Crippen LogP contribution in [-0.2, 0) is 18.9 Å². The lowest BCUT2D eigenvalue weighted by Gasteiger charge is -2.23. The van der Waals surface area contributed by atoms with Crippen LogP contribution < -0.4 is 0 Å². The molecule has 1 saturated heterocycles. The summed E-state index contributed by atoms with van der Waals surface area (Å²) in [4.78, 5) is 24.6. The summed E-state index contributed by atoms with van der Waals surface area (Å²) in [7, 11) is 0.745. The fourth-order valence-electron chi connectivity index (χ4n) is 1.72. The maximum absolute atomic E-state index is 11.5. The van der Waals surface area contributed by atoms with Gasteiger partial charge in [-0.25, -0.2) is 0 Å². The van der Waals surface area contributed by atoms with Gasteiger partial charge in [0.1, 0.15) is 0 Å². The van der Waals surface area contributed by atoms with Gasteiger partial charge >= 0.3 is 19.1 Å². The van der Waals surface area contributed by atoms with Gasteiger partial charge in [0.25, 0.3) is 0 Å². The largest absolute Gasteiger partial charge is 0.631 e. The van der Waals surface area contributed by atoms with Gasteiger partial charge in [0.15, 0.2) is 0 Å². The van der Waals surface area contributed by atoms with Gasteiger partial charge in [0.2, 0.25) is 0 Å². The van der Waals surface area contributed by atoms with Crippen molar-refractivity contribution in [2.24, 2.45) is 0 Å². The Morgan fingerprint density at radius 2 is 1.83 bits per heavy atom. The number of rotatable bonds is 5. The van der Waals surface area contributed by atoms with Crippen molar-refractivity contribution in [3.63, 3.8) is 0 Å². The van der Waals surface area contributed by atoms with E-state index < -0.39 is 19.1 Å². The molecule has 0 bridgehead atoms. The minimum atomic E-state index is -0.921. The van der Waals surface area contributed by atoms with Crippen LogP contribution in [0.4, 0.5) is 0 Å². The summed E-state index contributed by atoms with van der Waals surface area (Å²) in [5, 5.41) is 0. The van der Waals surface area contributed by atoms with E-state index in [1.165, 1.54) is 0 Å². The maximum atomic E-state index is 11.5. The second-order valence-electron chi connectivity index (χ2n) is 4.60. The minimum Gasteiger partial charge on any atom is -0.495 e. The van der Waals surface area contributed by atoms with Crippen molar-refractivity contribution in [3.05, 3.63) is 12.1 Å². The van der Waals surface area contributed by atoms with E-state index in [4.69, 9.17) is 9.31 Å². The fourth-order valence-corrected chi connectivity index (χ4v) is 1.72. The normalized spacial score (nSPS) is 17.8. The molecule has 0 aliphatic carbocycles. The first-order chi connectivity index (χ1) is 8.52. The number of nitrogens with zero attached hydrogens (tertiary/aromatic N) is 1. The van der Waals surface area contributed by atoms with Crippen LogP contribution in [-0.4, -0.2) is 44.1 Å². The zero-order valence-corrected chi connectivity index (χ0v) is 11.1. The molecule has 1 aliphatic rings. The van der Waals surface area contributed by atoms with Gasteiger partial charge in [0, 0.05) is 0 Å². The minimum absolute atomic E-state index is 0.0911. The molecule has 0 amide bonds. The second-order valence-corrected chi connectivity index (χ2v) is 4.60. The second kappa shape index (κ2) is 7.21. The van der Waals surface area contributed by atoms with Crippen LogP contribution in [0.3, 0.4) is 0 Å². The van der Waals surface area contributed by atoms with Gasteiger partial charge in [-0.3, -0.25) is 14.5 Å². The van der Waals surface area contributed by atoms with Crippen LogP contribution in [0.5, 0.6) is 0 Å². The molecule has 0 unspecified atom stereocenters. The standard InChI is InChI=1S/C12H20BNO4/c1-4-5-6-7-10(2)13-17-11(15)8-14(3)9-12(16)18-13/h2,4-9H2,1,3H3. The Morgan fingerprint density at radius 3 is 2.33 bits per heavy atom. The molecule has 0 spiro atoms. The van der Waals surface area contributed by atoms with Crippen molar-refractivity contribution in [2.75, 3.05) is 20.1 Å². The molecule has 1 heterocycles. The predicted octanol–water partition coefficient (Wildman–Crippen LogP) is 1.18. The van der Waals surface area contributed by atoms with Crippen LogP contribution in [0, 0.1) is 0 Å². The number of carbonyl (C=O) groups is 2. The van der Waals surface area contributed by atoms with E-state index in [0.29, 0.717) is 11.9 Å². The molecule has 1 aliphatic heterocycles. The molecule has 0 aromatic carbocycles. The molecule has 100 valence electrons. The van der Waals surface area contributed by atoms with E-state index in [-0.39, 0.29) is 13.1 Å². The van der Waals surface area contributed by atoms with Crippen LogP contribution in [0.2, 0.25) is 0 Å². The predicted molar refractivity (Wildman–Crippen MR) is 68.7 cm³/mol. The van der Waals surface area contributed by atoms with Crippen molar-refractivity contribution >= 4 is 19.1 Å². The molecular weight excluding hydrogens is 233 g/mol. The molecule has 0 saturated carbocycles. The molecule has 0 aromatic rings. The number of allylic oxidation sites excluding steroid dienone is 1. The first kappa shape index (κ1) is 14.8. The molecule has 18 heavy (non-hydrogen) atoms. The molecular formula is C12H20BNO4. The van der Waals surface area contributed by atoms with E-state index in [1.807, 2.05) is 0 Å². The zero-order valence-electron chi connectivity index (χ0n) is 11.1. The molecule has 1 rings (SSSR count). The Bertz CT molecular complexity index is 312. The molecule has 6 heteroatoms. The maximum Gasteiger partial charge on any atom is 0.631 e. The van der Waals surface area contributed by atoms with Crippen molar-refractivity contribution < 1.29 is 18.9 Å². The Hall–Kier alpha value is -1.30. The number of carbonyl (C=O) groups excluding carboxylic acids is 2. The lowest BCUT2D eigenvalue weighted by Crippen LogP contribution is -2.43. The van der Waals surface area contributed by atoms with Crippen molar-refractivity contribution in [1.82, 2.24) is 4.90 Å². The van der Waals surface area contributed by atoms with Crippen LogP contribution in [0.25, 0.3) is 0 Å². The Balaban J connectivity index is 2.54. The number of hydrogen-bond donors (Lipinski definition) is 0. The summed E-state index contributed by atoms with van der Waals surface area (Å²) >= 11 is 0. The summed E-state index contributed by atoms with van der Waals surface area (Å²) < 4.78 is 10.2. The van der Waals surface area contributed by atoms with Gasteiger partial charge < -0.3 is 9.31 Å². The summed E-state index contributed by atoms with van der Waals surface area (Å²) in [6, 6.07) is 0. The van der Waals surface area contributed by atoms with E-state index in [9.17, 15) is 9.59 Å². The number of likely N-dealkylation sites (N-methyl/N-ethyl adjacent to an activating group) is 1. The summed E-state index contributed by atoms with van der Waals surface area (Å²) in [5.74, 6) is -0.793. The molecule has 0 atom stereocenters. The quantitative estimate of drug-likeness (QED) is 0.544. The zero-order chi connectivity index (χ0) is 13.5. The monoisotopic (exact) mass is 253 g/mol. The van der Waals surface area contributed by atoms with Crippen LogP contribution in [0.15, 0.2) is 12.1 Å². The van der Waals surface area contributed by atoms with Gasteiger partial charge in [-0.05, 0) is 18.9 Å². The Labute approximate surface area is 108 Å². The Morgan fingerprint density at radius 1 is 1.28 bits per heavy atom.